The molecule has 3 rings (SSSR count). The monoisotopic (exact) mass is 317 g/mol. The van der Waals surface area contributed by atoms with Crippen molar-refractivity contribution >= 4 is 11.9 Å². The number of aromatic amines is 1. The lowest BCUT2D eigenvalue weighted by Crippen LogP contribution is -2.15. The first-order chi connectivity index (χ1) is 11.1. The highest BCUT2D eigenvalue weighted by atomic mass is 19.1. The molecule has 2 heterocycles. The highest BCUT2D eigenvalue weighted by Crippen LogP contribution is 2.19. The van der Waals surface area contributed by atoms with Gasteiger partial charge in [-0.1, -0.05) is 0 Å². The molecule has 3 aromatic rings. The summed E-state index contributed by atoms with van der Waals surface area (Å²) in [6.45, 7) is 0. The molecular formula is C14H12FN5O3. The quantitative estimate of drug-likeness (QED) is 0.743. The van der Waals surface area contributed by atoms with Gasteiger partial charge in [-0.15, -0.1) is 5.10 Å². The summed E-state index contributed by atoms with van der Waals surface area (Å²) in [4.78, 5) is 20.0. The van der Waals surface area contributed by atoms with Gasteiger partial charge in [-0.05, 0) is 24.3 Å². The lowest BCUT2D eigenvalue weighted by molar-refractivity contribution is -0.115. The van der Waals surface area contributed by atoms with E-state index >= 15 is 0 Å². The van der Waals surface area contributed by atoms with Crippen LogP contribution < -0.4 is 10.1 Å². The van der Waals surface area contributed by atoms with Crippen molar-refractivity contribution in [2.75, 3.05) is 12.4 Å². The molecule has 0 aliphatic rings. The van der Waals surface area contributed by atoms with Crippen LogP contribution in [0.3, 0.4) is 0 Å². The molecule has 2 N–H and O–H groups in total. The Kier molecular flexibility index (Phi) is 4.00. The maximum Gasteiger partial charge on any atom is 0.336 e. The van der Waals surface area contributed by atoms with Gasteiger partial charge < -0.3 is 9.15 Å². The number of rotatable bonds is 5. The number of ether oxygens (including phenoxy) is 1. The number of benzene rings is 1. The number of hydrogen-bond acceptors (Lipinski definition) is 6. The van der Waals surface area contributed by atoms with Gasteiger partial charge in [-0.3, -0.25) is 10.1 Å². The second kappa shape index (κ2) is 6.26. The van der Waals surface area contributed by atoms with Crippen molar-refractivity contribution in [3.8, 4) is 17.5 Å². The fourth-order valence-corrected chi connectivity index (χ4v) is 1.85. The maximum absolute atomic E-state index is 12.9. The van der Waals surface area contributed by atoms with Crippen molar-refractivity contribution in [1.82, 2.24) is 20.2 Å². The normalized spacial score (nSPS) is 10.5. The Bertz CT molecular complexity index is 812. The first-order valence-electron chi connectivity index (χ1n) is 6.60. The Morgan fingerprint density at radius 3 is 2.83 bits per heavy atom. The zero-order valence-electron chi connectivity index (χ0n) is 12.0. The largest absolute Gasteiger partial charge is 0.466 e. The summed E-state index contributed by atoms with van der Waals surface area (Å²) >= 11 is 0. The van der Waals surface area contributed by atoms with Gasteiger partial charge in [0, 0.05) is 5.56 Å². The van der Waals surface area contributed by atoms with Gasteiger partial charge in [0.25, 0.3) is 0 Å². The number of H-pyrrole nitrogens is 1. The molecule has 118 valence electrons. The third kappa shape index (κ3) is 3.51. The van der Waals surface area contributed by atoms with Crippen LogP contribution in [0.1, 0.15) is 5.69 Å². The number of aromatic nitrogens is 4. The van der Waals surface area contributed by atoms with Gasteiger partial charge in [-0.25, -0.2) is 14.5 Å². The van der Waals surface area contributed by atoms with E-state index in [1.54, 1.807) is 12.1 Å². The van der Waals surface area contributed by atoms with Crippen molar-refractivity contribution in [1.29, 1.82) is 0 Å². The van der Waals surface area contributed by atoms with Crippen LogP contribution in [0, 0.1) is 5.82 Å². The van der Waals surface area contributed by atoms with Crippen molar-refractivity contribution in [3.63, 3.8) is 0 Å². The van der Waals surface area contributed by atoms with Gasteiger partial charge in [0.05, 0.1) is 19.2 Å². The van der Waals surface area contributed by atoms with Gasteiger partial charge in [-0.2, -0.15) is 4.98 Å². The van der Waals surface area contributed by atoms with Crippen LogP contribution in [-0.2, 0) is 11.2 Å². The van der Waals surface area contributed by atoms with Gasteiger partial charge in [0.1, 0.15) is 12.1 Å². The first-order valence-corrected chi connectivity index (χ1v) is 6.60. The Hall–Kier alpha value is -3.23. The molecule has 1 aromatic carbocycles. The van der Waals surface area contributed by atoms with Gasteiger partial charge >= 0.3 is 6.01 Å². The fourth-order valence-electron chi connectivity index (χ4n) is 1.85. The van der Waals surface area contributed by atoms with Gasteiger partial charge in [0.2, 0.25) is 17.7 Å². The van der Waals surface area contributed by atoms with E-state index in [-0.39, 0.29) is 30.1 Å². The fraction of sp³-hybridized carbons (Fsp3) is 0.143. The Balaban J connectivity index is 1.64. The second-order valence-electron chi connectivity index (χ2n) is 4.55. The van der Waals surface area contributed by atoms with Crippen LogP contribution in [-0.4, -0.2) is 33.2 Å². The Morgan fingerprint density at radius 2 is 2.13 bits per heavy atom. The zero-order valence-corrected chi connectivity index (χ0v) is 12.0. The van der Waals surface area contributed by atoms with Crippen LogP contribution in [0.5, 0.6) is 6.01 Å². The molecule has 0 spiro atoms. The van der Waals surface area contributed by atoms with Crippen LogP contribution in [0.2, 0.25) is 0 Å². The number of amides is 1. The van der Waals surface area contributed by atoms with Crippen molar-refractivity contribution in [3.05, 3.63) is 42.0 Å². The number of nitrogens with zero attached hydrogens (tertiary/aromatic N) is 3. The average Bonchev–Trinajstić information content (AvgIpc) is 3.17. The number of anilines is 1. The summed E-state index contributed by atoms with van der Waals surface area (Å²) in [5.41, 5.74) is 1.06. The summed E-state index contributed by atoms with van der Waals surface area (Å²) in [5, 5.41) is 8.74. The topological polar surface area (TPSA) is 106 Å². The van der Waals surface area contributed by atoms with E-state index in [9.17, 15) is 9.18 Å². The summed E-state index contributed by atoms with van der Waals surface area (Å²) in [6, 6.07) is 5.84. The molecule has 0 radical (unpaired) electrons. The summed E-state index contributed by atoms with van der Waals surface area (Å²) in [7, 11) is 1.42. The molecule has 0 saturated heterocycles. The molecule has 0 bridgehead atoms. The minimum absolute atomic E-state index is 0.00624. The summed E-state index contributed by atoms with van der Waals surface area (Å²) in [6.07, 6.45) is 1.37. The number of carbonyl (C=O) groups excluding carboxylic acids is 1. The van der Waals surface area contributed by atoms with E-state index in [4.69, 9.17) is 9.15 Å². The minimum Gasteiger partial charge on any atom is -0.466 e. The molecule has 0 aliphatic heterocycles. The van der Waals surface area contributed by atoms with Crippen molar-refractivity contribution < 1.29 is 18.3 Å². The van der Waals surface area contributed by atoms with Crippen molar-refractivity contribution in [2.24, 2.45) is 0 Å². The molecule has 9 heteroatoms. The van der Waals surface area contributed by atoms with E-state index in [1.165, 1.54) is 25.5 Å². The molecule has 23 heavy (non-hydrogen) atoms. The molecule has 0 atom stereocenters. The van der Waals surface area contributed by atoms with Crippen LogP contribution >= 0.6 is 0 Å². The third-order valence-corrected chi connectivity index (χ3v) is 2.89. The SMILES string of the molecule is COc1n[nH]c(NC(=O)Cc2coc(-c3ccc(F)cc3)n2)n1. The van der Waals surface area contributed by atoms with E-state index in [0.717, 1.165) is 0 Å². The predicted molar refractivity (Wildman–Crippen MR) is 77.2 cm³/mol. The molecule has 8 nitrogen and oxygen atoms in total. The third-order valence-electron chi connectivity index (χ3n) is 2.89. The highest BCUT2D eigenvalue weighted by molar-refractivity contribution is 5.90. The first kappa shape index (κ1) is 14.7. The number of methoxy groups -OCH3 is 1. The lowest BCUT2D eigenvalue weighted by atomic mass is 10.2. The molecule has 2 aromatic heterocycles. The summed E-state index contributed by atoms with van der Waals surface area (Å²) < 4.78 is 23.0. The van der Waals surface area contributed by atoms with E-state index in [2.05, 4.69) is 25.5 Å². The van der Waals surface area contributed by atoms with Gasteiger partial charge in [0.15, 0.2) is 0 Å². The van der Waals surface area contributed by atoms with E-state index < -0.39 is 0 Å². The molecular weight excluding hydrogens is 305 g/mol. The number of oxazole rings is 1. The predicted octanol–water partition coefficient (Wildman–Crippen LogP) is 1.79. The van der Waals surface area contributed by atoms with Crippen molar-refractivity contribution in [2.45, 2.75) is 6.42 Å². The molecule has 0 unspecified atom stereocenters. The smallest absolute Gasteiger partial charge is 0.336 e. The molecule has 0 fully saturated rings. The Labute approximate surface area is 129 Å². The van der Waals surface area contributed by atoms with E-state index in [1.807, 2.05) is 0 Å². The van der Waals surface area contributed by atoms with Crippen LogP contribution in [0.15, 0.2) is 34.9 Å². The Morgan fingerprint density at radius 1 is 1.35 bits per heavy atom. The lowest BCUT2D eigenvalue weighted by Gasteiger charge is -1.98. The van der Waals surface area contributed by atoms with Crippen LogP contribution in [0.4, 0.5) is 10.3 Å². The van der Waals surface area contributed by atoms with Crippen LogP contribution in [0.25, 0.3) is 11.5 Å². The highest BCUT2D eigenvalue weighted by Gasteiger charge is 2.12. The number of carbonyl (C=O) groups is 1. The maximum atomic E-state index is 12.9. The number of nitrogens with one attached hydrogen (secondary N) is 2. The molecule has 0 aliphatic carbocycles. The summed E-state index contributed by atoms with van der Waals surface area (Å²) in [5.74, 6) is -0.201. The minimum atomic E-state index is -0.345. The molecule has 0 saturated carbocycles. The molecule has 1 amide bonds. The second-order valence-corrected chi connectivity index (χ2v) is 4.55. The average molecular weight is 317 g/mol. The number of hydrogen-bond donors (Lipinski definition) is 2. The zero-order chi connectivity index (χ0) is 16.2. The standard InChI is InChI=1S/C14H12FN5O3/c1-22-14-18-13(19-20-14)17-11(21)6-10-7-23-12(16-10)8-2-4-9(15)5-3-8/h2-5,7H,6H2,1H3,(H2,17,18,19,20,21). The number of halogens is 1. The van der Waals surface area contributed by atoms with E-state index in [0.29, 0.717) is 17.1 Å².